The van der Waals surface area contributed by atoms with E-state index in [1.807, 2.05) is 19.9 Å². The van der Waals surface area contributed by atoms with Gasteiger partial charge in [-0.2, -0.15) is 0 Å². The Balaban J connectivity index is 0.0000108. The van der Waals surface area contributed by atoms with Crippen molar-refractivity contribution in [2.45, 2.75) is 174 Å². The maximum Gasteiger partial charge on any atom is 0.407 e. The monoisotopic (exact) mass is 1210 g/mol. The summed E-state index contributed by atoms with van der Waals surface area (Å²) in [6, 6.07) is 12.1. The number of alkyl carbamates (subject to hydrolysis) is 1. The van der Waals surface area contributed by atoms with Crippen molar-refractivity contribution in [2.24, 2.45) is 29.6 Å². The van der Waals surface area contributed by atoms with E-state index >= 15 is 0 Å². The normalized spacial score (nSPS) is 30.7. The predicted molar refractivity (Wildman–Crippen MR) is 320 cm³/mol. The molecule has 6 N–H and O–H groups in total. The van der Waals surface area contributed by atoms with Gasteiger partial charge in [0.25, 0.3) is 11.7 Å². The number of carbonyl (C=O) groups is 6. The lowest BCUT2D eigenvalue weighted by Gasteiger charge is -2.47. The van der Waals surface area contributed by atoms with Crippen molar-refractivity contribution in [3.8, 4) is 28.2 Å². The molecule has 1 saturated carbocycles. The van der Waals surface area contributed by atoms with Crippen LogP contribution < -0.4 is 10.7 Å². The zero-order valence-corrected chi connectivity index (χ0v) is 50.2. The molecule has 8 rings (SSSR count). The first-order valence-electron chi connectivity index (χ1n) is 29.7. The number of ether oxygens (including phenoxy) is 6. The van der Waals surface area contributed by atoms with E-state index in [-0.39, 0.29) is 91.9 Å². The number of fused-ring (bicyclic) bond motifs is 5. The number of amides is 2. The van der Waals surface area contributed by atoms with Crippen molar-refractivity contribution in [2.75, 3.05) is 34.5 Å². The maximum atomic E-state index is 14.8. The van der Waals surface area contributed by atoms with Crippen LogP contribution in [0.1, 0.15) is 129 Å². The van der Waals surface area contributed by atoms with Crippen molar-refractivity contribution >= 4 is 46.5 Å². The Morgan fingerprint density at radius 2 is 1.56 bits per heavy atom. The third kappa shape index (κ3) is 15.2. The van der Waals surface area contributed by atoms with Gasteiger partial charge >= 0.3 is 18.0 Å². The summed E-state index contributed by atoms with van der Waals surface area (Å²) in [6.07, 6.45) is -0.441. The number of aliphatic hydroxyl groups excluding tert-OH is 2. The first-order chi connectivity index (χ1) is 41.0. The Hall–Kier alpha value is -6.85. The third-order valence-electron chi connectivity index (χ3n) is 17.9. The number of Topliss-reactive ketones (excluding diaryl/α,β-unsaturated/α-hetero) is 2. The van der Waals surface area contributed by atoms with Crippen LogP contribution in [0.5, 0.6) is 5.75 Å². The molecule has 21 nitrogen and oxygen atoms in total. The number of nitrogens with one attached hydrogen (secondary N) is 1. The van der Waals surface area contributed by atoms with Crippen LogP contribution in [0, 0.1) is 29.6 Å². The molecule has 14 atom stereocenters. The molecule has 3 fully saturated rings. The molecule has 2 aromatic carbocycles. The summed E-state index contributed by atoms with van der Waals surface area (Å²) >= 11 is 0. The number of methoxy groups -OCH3 is 3. The Morgan fingerprint density at radius 1 is 0.851 bits per heavy atom. The number of esters is 1. The molecule has 21 heteroatoms. The number of hydrogen-bond acceptors (Lipinski definition) is 18. The Kier molecular flexibility index (Phi) is 22.9. The van der Waals surface area contributed by atoms with Crippen molar-refractivity contribution in [3.05, 3.63) is 99.2 Å². The highest BCUT2D eigenvalue weighted by Gasteiger charge is 2.57. The summed E-state index contributed by atoms with van der Waals surface area (Å²) in [5, 5.41) is 59.5. The Bertz CT molecular complexity index is 3230. The summed E-state index contributed by atoms with van der Waals surface area (Å²) in [5.74, 6) is -10.7. The minimum absolute atomic E-state index is 0. The number of ketones is 2. The summed E-state index contributed by atoms with van der Waals surface area (Å²) in [4.78, 5) is 98.2. The fourth-order valence-corrected chi connectivity index (χ4v) is 13.1. The number of rotatable bonds is 12. The largest absolute Gasteiger partial charge is 0.507 e. The number of aliphatic hydroxyl groups is 3. The molecule has 2 unspecified atom stereocenters. The molecular weight excluding hydrogens is 1120 g/mol. The molecule has 474 valence electrons. The highest BCUT2D eigenvalue weighted by molar-refractivity contribution is 6.39. The molecule has 0 aromatic heterocycles. The van der Waals surface area contributed by atoms with Crippen LogP contribution in [-0.2, 0) is 54.1 Å². The lowest BCUT2D eigenvalue weighted by Crippen LogP contribution is -2.64. The molecule has 2 aliphatic carbocycles. The zero-order chi connectivity index (χ0) is 62.3. The van der Waals surface area contributed by atoms with Gasteiger partial charge in [-0.15, -0.1) is 0 Å². The van der Waals surface area contributed by atoms with E-state index in [0.717, 1.165) is 10.5 Å². The van der Waals surface area contributed by atoms with E-state index in [4.69, 9.17) is 32.8 Å². The molecule has 4 aliphatic heterocycles. The zero-order valence-electron chi connectivity index (χ0n) is 50.2. The number of phenols is 1. The SMILES string of the molecule is C.CO[C@H]1C[C@@H](C)C/C(C)=C/[C@@H](CCOC(=O)NCc2c(O)ccc3c(-c4ccccc4C(=O)O)c4ccc(=O)cc-4oc23)C(=O)C[C@H](O)[C@@H](C)[C@@H](/C(C)=C/C2CC[C@@H](O)[C@H](OC)C2)OC(=O)C2CCCCN2C(=O)C(=O)[C@]2(O)O[C@H]1[C@@H](OC)C[C@H]2C. The number of carbonyl (C=O) groups excluding carboxylic acids is 5. The topological polar surface area (TPSA) is 304 Å². The molecule has 2 saturated heterocycles. The number of hydrogen-bond donors (Lipinski definition) is 6. The highest BCUT2D eigenvalue weighted by atomic mass is 16.7. The van der Waals surface area contributed by atoms with E-state index in [1.165, 1.54) is 51.7 Å². The number of aromatic hydroxyl groups is 1. The third-order valence-corrected chi connectivity index (χ3v) is 17.9. The molecule has 2 aromatic rings. The fraction of sp³-hybridized carbons (Fsp3) is 0.561. The molecular formula is C66H86N2O19. The van der Waals surface area contributed by atoms with E-state index in [0.29, 0.717) is 72.6 Å². The summed E-state index contributed by atoms with van der Waals surface area (Å²) in [7, 11) is 4.47. The molecule has 6 aliphatic rings. The molecule has 2 amide bonds. The van der Waals surface area contributed by atoms with Gasteiger partial charge in [-0.25, -0.2) is 14.4 Å². The number of piperidine rings is 1. The standard InChI is InChI=1S/C65H82N2O19.CH4/c1-34-25-35(2)27-54(81-7)59-55(82-8)29-37(4)65(79,86-59)60(73)61(74)67-23-12-11-15-47(67)63(77)85-57(36(3)28-39-16-20-49(70)53(30-39)80-6)38(5)50(71)32-51(72)40(26-34)22-24-83-64(78)66-33-46-48(69)21-19-45-56(42-13-9-10-14-43(42)62(75)76)44-18-17-41(68)31-52(44)84-58(45)46;/h9-10,13-14,17-19,21,26,28,31,35,37-40,47,49-50,53-55,57,59,69-71,79H,11-12,15-16,20,22-25,27,29-30,32-33H2,1-8H3,(H,66,78)(H,75,76);1H4/b34-26+,36-28+;/t35-,37+,38+,39?,40+,47?,49+,50-,53+,54-,55-,57+,59+,65+;/m0./s1. The van der Waals surface area contributed by atoms with Gasteiger partial charge in [0, 0.05) is 74.6 Å². The lowest BCUT2D eigenvalue weighted by atomic mass is 9.81. The van der Waals surface area contributed by atoms with Crippen LogP contribution in [0.25, 0.3) is 33.4 Å². The van der Waals surface area contributed by atoms with Gasteiger partial charge < -0.3 is 68.6 Å². The number of aromatic carboxylic acids is 1. The highest BCUT2D eigenvalue weighted by Crippen LogP contribution is 2.44. The second-order valence-electron chi connectivity index (χ2n) is 24.0. The summed E-state index contributed by atoms with van der Waals surface area (Å²) in [5.41, 5.74) is 2.26. The van der Waals surface area contributed by atoms with Gasteiger partial charge in [0.05, 0.1) is 54.8 Å². The van der Waals surface area contributed by atoms with Crippen LogP contribution in [0.15, 0.2) is 87.1 Å². The van der Waals surface area contributed by atoms with Crippen LogP contribution in [0.3, 0.4) is 0 Å². The predicted octanol–water partition coefficient (Wildman–Crippen LogP) is 8.30. The average molecular weight is 1210 g/mol. The number of carboxylic acid groups (broad SMARTS) is 1. The van der Waals surface area contributed by atoms with E-state index in [2.05, 4.69) is 5.32 Å². The number of nitrogens with zero attached hydrogens (tertiary/aromatic N) is 1. The van der Waals surface area contributed by atoms with E-state index in [9.17, 15) is 59.1 Å². The van der Waals surface area contributed by atoms with Crippen LogP contribution in [-0.4, -0.2) is 155 Å². The van der Waals surface area contributed by atoms with Gasteiger partial charge in [0.2, 0.25) is 5.79 Å². The van der Waals surface area contributed by atoms with Crippen molar-refractivity contribution in [1.29, 1.82) is 0 Å². The van der Waals surface area contributed by atoms with E-state index < -0.39 is 114 Å². The fourth-order valence-electron chi connectivity index (χ4n) is 13.1. The summed E-state index contributed by atoms with van der Waals surface area (Å²) in [6.45, 7) is 8.14. The van der Waals surface area contributed by atoms with Crippen molar-refractivity contribution in [3.63, 3.8) is 0 Å². The van der Waals surface area contributed by atoms with Gasteiger partial charge in [0.15, 0.2) is 5.43 Å². The Morgan fingerprint density at radius 3 is 2.28 bits per heavy atom. The van der Waals surface area contributed by atoms with Gasteiger partial charge in [0.1, 0.15) is 41.1 Å². The maximum absolute atomic E-state index is 14.8. The van der Waals surface area contributed by atoms with Gasteiger partial charge in [-0.05, 0) is 131 Å². The number of benzene rings is 3. The van der Waals surface area contributed by atoms with Crippen LogP contribution in [0.2, 0.25) is 0 Å². The second kappa shape index (κ2) is 29.4. The van der Waals surface area contributed by atoms with Gasteiger partial charge in [-0.1, -0.05) is 64.1 Å². The van der Waals surface area contributed by atoms with Crippen LogP contribution >= 0.6 is 0 Å². The number of carboxylic acids is 1. The average Bonchev–Trinajstić information content (AvgIpc) is 0.821. The Labute approximate surface area is 507 Å². The van der Waals surface area contributed by atoms with E-state index in [1.54, 1.807) is 51.1 Å². The molecule has 87 heavy (non-hydrogen) atoms. The van der Waals surface area contributed by atoms with Crippen molar-refractivity contribution < 1.29 is 87.1 Å². The first kappa shape index (κ1) is 67.7. The minimum atomic E-state index is -2.62. The lowest BCUT2D eigenvalue weighted by molar-refractivity contribution is -0.302. The van der Waals surface area contributed by atoms with Gasteiger partial charge in [-0.3, -0.25) is 19.2 Å². The van der Waals surface area contributed by atoms with Crippen LogP contribution in [0.4, 0.5) is 4.79 Å². The quantitative estimate of drug-likeness (QED) is 0.0336. The molecule has 2 bridgehead atoms. The molecule has 0 spiro atoms. The summed E-state index contributed by atoms with van der Waals surface area (Å²) < 4.78 is 42.0. The smallest absolute Gasteiger partial charge is 0.407 e. The number of allylic oxidation sites excluding steroid dienone is 3. The molecule has 4 heterocycles. The second-order valence-corrected chi connectivity index (χ2v) is 24.0. The number of phenolic OH excluding ortho intramolecular Hbond substituents is 1. The van der Waals surface area contributed by atoms with Crippen molar-refractivity contribution in [1.82, 2.24) is 10.2 Å². The first-order valence-corrected chi connectivity index (χ1v) is 29.7. The minimum Gasteiger partial charge on any atom is -0.507 e. The number of cyclic esters (lactones) is 1. The molecule has 0 radical (unpaired) electrons.